The van der Waals surface area contributed by atoms with Gasteiger partial charge in [0.1, 0.15) is 0 Å². The molecule has 0 bridgehead atoms. The second kappa shape index (κ2) is 10.1. The summed E-state index contributed by atoms with van der Waals surface area (Å²) >= 11 is 6.01. The molecule has 0 fully saturated rings. The summed E-state index contributed by atoms with van der Waals surface area (Å²) in [6.07, 6.45) is 0.596. The quantitative estimate of drug-likeness (QED) is 0.550. The Hall–Kier alpha value is -1.69. The van der Waals surface area contributed by atoms with Crippen molar-refractivity contribution in [2.75, 3.05) is 38.6 Å². The lowest BCUT2D eigenvalue weighted by Crippen LogP contribution is -2.45. The standard InChI is InChI=1S/C21H29ClN4O4S2/c1-16(13-23-31(27,28)21-8-6-20(7-9-21)25(2)3)14-24-32(29,30)26-11-10-17-12-19(22)5-4-18(17)15-26/h4-9,12,16,23-24H,10-11,13-15H2,1-3H3/t16-/m0/s1. The van der Waals surface area contributed by atoms with Gasteiger partial charge in [-0.05, 0) is 59.9 Å². The molecule has 0 saturated carbocycles. The van der Waals surface area contributed by atoms with Gasteiger partial charge in [0.05, 0.1) is 4.90 Å². The van der Waals surface area contributed by atoms with Crippen LogP contribution in [0.25, 0.3) is 0 Å². The molecule has 2 aromatic carbocycles. The Balaban J connectivity index is 1.52. The molecule has 0 saturated heterocycles. The first-order valence-corrected chi connectivity index (χ1v) is 13.6. The Labute approximate surface area is 195 Å². The summed E-state index contributed by atoms with van der Waals surface area (Å²) in [5, 5.41) is 0.642. The van der Waals surface area contributed by atoms with E-state index in [1.165, 1.54) is 4.31 Å². The zero-order valence-electron chi connectivity index (χ0n) is 18.4. The molecule has 2 N–H and O–H groups in total. The van der Waals surface area contributed by atoms with Gasteiger partial charge in [-0.25, -0.2) is 17.9 Å². The van der Waals surface area contributed by atoms with Crippen molar-refractivity contribution in [3.63, 3.8) is 0 Å². The van der Waals surface area contributed by atoms with Crippen LogP contribution in [-0.4, -0.2) is 54.9 Å². The first kappa shape index (κ1) is 24.9. The fourth-order valence-electron chi connectivity index (χ4n) is 3.37. The third-order valence-electron chi connectivity index (χ3n) is 5.38. The van der Waals surface area contributed by atoms with Crippen LogP contribution in [0.4, 0.5) is 5.69 Å². The Bertz CT molecular complexity index is 1150. The largest absolute Gasteiger partial charge is 0.378 e. The van der Waals surface area contributed by atoms with Gasteiger partial charge in [-0.3, -0.25) is 0 Å². The third kappa shape index (κ3) is 6.21. The van der Waals surface area contributed by atoms with Crippen molar-refractivity contribution in [1.29, 1.82) is 0 Å². The highest BCUT2D eigenvalue weighted by atomic mass is 35.5. The second-order valence-corrected chi connectivity index (χ2v) is 12.2. The van der Waals surface area contributed by atoms with Crippen LogP contribution in [0.3, 0.4) is 0 Å². The van der Waals surface area contributed by atoms with Crippen LogP contribution in [0.15, 0.2) is 47.4 Å². The molecule has 11 heteroatoms. The first-order valence-electron chi connectivity index (χ1n) is 10.3. The number of rotatable bonds is 9. The van der Waals surface area contributed by atoms with Gasteiger partial charge in [-0.2, -0.15) is 12.7 Å². The van der Waals surface area contributed by atoms with Crippen LogP contribution in [-0.2, 0) is 33.2 Å². The molecule has 1 aliphatic rings. The highest BCUT2D eigenvalue weighted by Gasteiger charge is 2.27. The Morgan fingerprint density at radius 1 is 1.00 bits per heavy atom. The number of benzene rings is 2. The minimum absolute atomic E-state index is 0.113. The van der Waals surface area contributed by atoms with E-state index < -0.39 is 20.2 Å². The molecular weight excluding hydrogens is 472 g/mol. The maximum atomic E-state index is 12.7. The number of nitrogens with one attached hydrogen (secondary N) is 2. The lowest BCUT2D eigenvalue weighted by Gasteiger charge is -2.28. The van der Waals surface area contributed by atoms with Crippen LogP contribution >= 0.6 is 11.6 Å². The number of anilines is 1. The predicted molar refractivity (Wildman–Crippen MR) is 128 cm³/mol. The zero-order valence-corrected chi connectivity index (χ0v) is 20.8. The Morgan fingerprint density at radius 3 is 2.31 bits per heavy atom. The lowest BCUT2D eigenvalue weighted by molar-refractivity contribution is 0.380. The fraction of sp³-hybridized carbons (Fsp3) is 0.429. The van der Waals surface area contributed by atoms with Crippen molar-refractivity contribution in [3.05, 3.63) is 58.6 Å². The van der Waals surface area contributed by atoms with Crippen molar-refractivity contribution >= 4 is 37.5 Å². The van der Waals surface area contributed by atoms with E-state index >= 15 is 0 Å². The smallest absolute Gasteiger partial charge is 0.279 e. The average Bonchev–Trinajstić information content (AvgIpc) is 2.76. The van der Waals surface area contributed by atoms with Gasteiger partial charge in [-0.15, -0.1) is 0 Å². The molecule has 0 unspecified atom stereocenters. The van der Waals surface area contributed by atoms with Crippen molar-refractivity contribution in [1.82, 2.24) is 13.7 Å². The zero-order chi connectivity index (χ0) is 23.5. The molecule has 0 radical (unpaired) electrons. The monoisotopic (exact) mass is 500 g/mol. The maximum Gasteiger partial charge on any atom is 0.279 e. The summed E-state index contributed by atoms with van der Waals surface area (Å²) in [6.45, 7) is 2.67. The Kier molecular flexibility index (Phi) is 7.85. The molecule has 176 valence electrons. The molecule has 0 aliphatic carbocycles. The number of hydrogen-bond donors (Lipinski definition) is 2. The maximum absolute atomic E-state index is 12.7. The predicted octanol–water partition coefficient (Wildman–Crippen LogP) is 2.21. The van der Waals surface area contributed by atoms with Crippen LogP contribution < -0.4 is 14.3 Å². The van der Waals surface area contributed by atoms with Crippen LogP contribution in [0, 0.1) is 5.92 Å². The first-order chi connectivity index (χ1) is 15.0. The van der Waals surface area contributed by atoms with Gasteiger partial charge >= 0.3 is 0 Å². The molecule has 0 amide bonds. The van der Waals surface area contributed by atoms with Crippen LogP contribution in [0.5, 0.6) is 0 Å². The Morgan fingerprint density at radius 2 is 1.66 bits per heavy atom. The van der Waals surface area contributed by atoms with Crippen molar-refractivity contribution in [2.45, 2.75) is 24.8 Å². The topological polar surface area (TPSA) is 98.8 Å². The van der Waals surface area contributed by atoms with E-state index in [-0.39, 0.29) is 30.4 Å². The molecule has 0 aromatic heterocycles. The normalized spacial score (nSPS) is 15.9. The highest BCUT2D eigenvalue weighted by molar-refractivity contribution is 7.89. The van der Waals surface area contributed by atoms with E-state index in [9.17, 15) is 16.8 Å². The van der Waals surface area contributed by atoms with E-state index in [0.29, 0.717) is 18.0 Å². The molecule has 1 atom stereocenters. The summed E-state index contributed by atoms with van der Waals surface area (Å²) in [7, 11) is -3.60. The SMILES string of the molecule is C[C@@H](CNS(=O)(=O)c1ccc(N(C)C)cc1)CNS(=O)(=O)N1CCc2cc(Cl)ccc2C1. The van der Waals surface area contributed by atoms with Gasteiger partial charge < -0.3 is 4.90 Å². The van der Waals surface area contributed by atoms with E-state index in [2.05, 4.69) is 9.44 Å². The molecule has 2 aromatic rings. The number of sulfonamides is 1. The molecule has 8 nitrogen and oxygen atoms in total. The van der Waals surface area contributed by atoms with Gasteiger partial charge in [-0.1, -0.05) is 24.6 Å². The summed E-state index contributed by atoms with van der Waals surface area (Å²) in [5.41, 5.74) is 2.90. The van der Waals surface area contributed by atoms with Gasteiger partial charge in [0.25, 0.3) is 10.2 Å². The van der Waals surface area contributed by atoms with Crippen LogP contribution in [0.2, 0.25) is 5.02 Å². The van der Waals surface area contributed by atoms with E-state index in [4.69, 9.17) is 11.6 Å². The fourth-order valence-corrected chi connectivity index (χ4v) is 6.05. The molecule has 0 spiro atoms. The van der Waals surface area contributed by atoms with Crippen LogP contribution in [0.1, 0.15) is 18.1 Å². The van der Waals surface area contributed by atoms with E-state index in [0.717, 1.165) is 16.8 Å². The lowest BCUT2D eigenvalue weighted by atomic mass is 10.0. The summed E-state index contributed by atoms with van der Waals surface area (Å²) in [4.78, 5) is 2.05. The molecule has 3 rings (SSSR count). The van der Waals surface area contributed by atoms with Gasteiger partial charge in [0.2, 0.25) is 10.0 Å². The van der Waals surface area contributed by atoms with Gasteiger partial charge in [0.15, 0.2) is 0 Å². The molecular formula is C21H29ClN4O4S2. The highest BCUT2D eigenvalue weighted by Crippen LogP contribution is 2.24. The molecule has 1 aliphatic heterocycles. The number of fused-ring (bicyclic) bond motifs is 1. The summed E-state index contributed by atoms with van der Waals surface area (Å²) in [6, 6.07) is 12.0. The third-order valence-corrected chi connectivity index (χ3v) is 8.58. The van der Waals surface area contributed by atoms with Gasteiger partial charge in [0, 0.05) is 51.0 Å². The minimum atomic E-state index is -3.68. The molecule has 1 heterocycles. The molecule has 32 heavy (non-hydrogen) atoms. The summed E-state index contributed by atoms with van der Waals surface area (Å²) < 4.78 is 57.0. The van der Waals surface area contributed by atoms with Crippen molar-refractivity contribution in [3.8, 4) is 0 Å². The number of halogens is 1. The van der Waals surface area contributed by atoms with Crippen molar-refractivity contribution in [2.24, 2.45) is 5.92 Å². The van der Waals surface area contributed by atoms with Crippen molar-refractivity contribution < 1.29 is 16.8 Å². The second-order valence-electron chi connectivity index (χ2n) is 8.20. The van der Waals surface area contributed by atoms with E-state index in [1.807, 2.05) is 31.1 Å². The number of hydrogen-bond acceptors (Lipinski definition) is 5. The summed E-state index contributed by atoms with van der Waals surface area (Å²) in [5.74, 6) is -0.239. The number of nitrogens with zero attached hydrogens (tertiary/aromatic N) is 2. The van der Waals surface area contributed by atoms with E-state index in [1.54, 1.807) is 37.3 Å². The minimum Gasteiger partial charge on any atom is -0.378 e. The average molecular weight is 501 g/mol.